The maximum Gasteiger partial charge on any atom is 0.490 e. The van der Waals surface area contributed by atoms with Crippen molar-refractivity contribution >= 4 is 17.6 Å². The molecular formula is C15H18F3N3O4. The Hall–Kier alpha value is -2.36. The number of amides is 1. The van der Waals surface area contributed by atoms with Gasteiger partial charge in [0.05, 0.1) is 0 Å². The number of anilines is 1. The molecule has 1 amide bonds. The van der Waals surface area contributed by atoms with Gasteiger partial charge < -0.3 is 20.1 Å². The number of aromatic nitrogens is 1. The molecule has 1 aromatic rings. The lowest BCUT2D eigenvalue weighted by Gasteiger charge is -2.39. The molecule has 0 aliphatic carbocycles. The van der Waals surface area contributed by atoms with Crippen molar-refractivity contribution in [3.8, 4) is 5.88 Å². The Morgan fingerprint density at radius 3 is 2.56 bits per heavy atom. The number of carbonyl (C=O) groups is 2. The molecule has 10 heteroatoms. The lowest BCUT2D eigenvalue weighted by atomic mass is 10.0. The minimum atomic E-state index is -5.08. The first-order valence-electron chi connectivity index (χ1n) is 7.67. The van der Waals surface area contributed by atoms with E-state index in [0.29, 0.717) is 5.88 Å². The highest BCUT2D eigenvalue weighted by Crippen LogP contribution is 2.34. The highest BCUT2D eigenvalue weighted by molar-refractivity contribution is 5.99. The number of hydrogen-bond donors (Lipinski definition) is 2. The van der Waals surface area contributed by atoms with Gasteiger partial charge in [0.1, 0.15) is 5.69 Å². The largest absolute Gasteiger partial charge is 0.490 e. The normalized spacial score (nSPS) is 20.9. The van der Waals surface area contributed by atoms with Crippen LogP contribution in [0.2, 0.25) is 0 Å². The molecule has 2 aliphatic rings. The number of aliphatic carboxylic acids is 1. The summed E-state index contributed by atoms with van der Waals surface area (Å²) in [7, 11) is 0. The van der Waals surface area contributed by atoms with Gasteiger partial charge >= 0.3 is 12.1 Å². The van der Waals surface area contributed by atoms with Crippen LogP contribution in [0.3, 0.4) is 0 Å². The van der Waals surface area contributed by atoms with E-state index < -0.39 is 18.2 Å². The van der Waals surface area contributed by atoms with Crippen LogP contribution in [0.1, 0.15) is 19.8 Å². The second-order valence-electron chi connectivity index (χ2n) is 5.58. The van der Waals surface area contributed by atoms with Crippen molar-refractivity contribution in [1.82, 2.24) is 10.3 Å². The van der Waals surface area contributed by atoms with E-state index in [-0.39, 0.29) is 11.9 Å². The van der Waals surface area contributed by atoms with Crippen LogP contribution in [0.25, 0.3) is 0 Å². The van der Waals surface area contributed by atoms with Gasteiger partial charge in [-0.05, 0) is 45.0 Å². The summed E-state index contributed by atoms with van der Waals surface area (Å²) in [6.07, 6.45) is -1.87. The molecule has 0 radical (unpaired) electrons. The summed E-state index contributed by atoms with van der Waals surface area (Å²) in [4.78, 5) is 27.3. The van der Waals surface area contributed by atoms with E-state index in [0.717, 1.165) is 31.6 Å². The van der Waals surface area contributed by atoms with Crippen molar-refractivity contribution in [2.75, 3.05) is 18.0 Å². The number of piperidine rings is 1. The summed E-state index contributed by atoms with van der Waals surface area (Å²) in [6.45, 7) is 3.70. The van der Waals surface area contributed by atoms with Crippen LogP contribution in [0.5, 0.6) is 5.88 Å². The van der Waals surface area contributed by atoms with Gasteiger partial charge in [-0.1, -0.05) is 0 Å². The fourth-order valence-corrected chi connectivity index (χ4v) is 2.63. The molecule has 0 aromatic carbocycles. The number of nitrogens with one attached hydrogen (secondary N) is 1. The SMILES string of the molecule is CC1Oc2ncccc2N(C2CCNCC2)C1=O.O=C(O)C(F)(F)F. The predicted octanol–water partition coefficient (Wildman–Crippen LogP) is 1.58. The van der Waals surface area contributed by atoms with Gasteiger partial charge in [0, 0.05) is 12.2 Å². The Morgan fingerprint density at radius 1 is 1.40 bits per heavy atom. The van der Waals surface area contributed by atoms with Crippen molar-refractivity contribution in [3.05, 3.63) is 18.3 Å². The van der Waals surface area contributed by atoms with Gasteiger partial charge in [0.15, 0.2) is 6.10 Å². The second kappa shape index (κ2) is 7.68. The van der Waals surface area contributed by atoms with E-state index in [1.807, 2.05) is 17.0 Å². The minimum Gasteiger partial charge on any atom is -0.475 e. The van der Waals surface area contributed by atoms with Gasteiger partial charge in [0.2, 0.25) is 5.88 Å². The van der Waals surface area contributed by atoms with E-state index in [1.54, 1.807) is 13.1 Å². The molecule has 138 valence electrons. The lowest BCUT2D eigenvalue weighted by molar-refractivity contribution is -0.192. The molecule has 3 rings (SSSR count). The van der Waals surface area contributed by atoms with Crippen LogP contribution in [0, 0.1) is 0 Å². The molecule has 7 nitrogen and oxygen atoms in total. The van der Waals surface area contributed by atoms with Gasteiger partial charge in [-0.15, -0.1) is 0 Å². The number of rotatable bonds is 1. The van der Waals surface area contributed by atoms with Gasteiger partial charge in [-0.3, -0.25) is 4.79 Å². The number of fused-ring (bicyclic) bond motifs is 1. The van der Waals surface area contributed by atoms with E-state index in [2.05, 4.69) is 10.3 Å². The van der Waals surface area contributed by atoms with Gasteiger partial charge in [-0.25, -0.2) is 9.78 Å². The van der Waals surface area contributed by atoms with Crippen LogP contribution in [-0.4, -0.2) is 53.4 Å². The summed E-state index contributed by atoms with van der Waals surface area (Å²) in [5.41, 5.74) is 0.813. The maximum atomic E-state index is 12.3. The Morgan fingerprint density at radius 2 is 2.00 bits per heavy atom. The molecule has 25 heavy (non-hydrogen) atoms. The zero-order valence-corrected chi connectivity index (χ0v) is 13.4. The average molecular weight is 361 g/mol. The molecule has 0 bridgehead atoms. The third-order valence-corrected chi connectivity index (χ3v) is 3.80. The number of nitrogens with zero attached hydrogens (tertiary/aromatic N) is 2. The van der Waals surface area contributed by atoms with E-state index in [4.69, 9.17) is 14.6 Å². The van der Waals surface area contributed by atoms with E-state index >= 15 is 0 Å². The number of carboxylic acid groups (broad SMARTS) is 1. The molecule has 1 fully saturated rings. The van der Waals surface area contributed by atoms with E-state index in [9.17, 15) is 18.0 Å². The molecule has 2 aliphatic heterocycles. The predicted molar refractivity (Wildman–Crippen MR) is 81.4 cm³/mol. The maximum absolute atomic E-state index is 12.3. The Labute approximate surface area is 141 Å². The van der Waals surface area contributed by atoms with Crippen molar-refractivity contribution in [2.45, 2.75) is 38.1 Å². The number of pyridine rings is 1. The molecule has 1 atom stereocenters. The molecule has 1 saturated heterocycles. The zero-order valence-electron chi connectivity index (χ0n) is 13.4. The topological polar surface area (TPSA) is 91.8 Å². The highest BCUT2D eigenvalue weighted by Gasteiger charge is 2.38. The Kier molecular flexibility index (Phi) is 5.83. The zero-order chi connectivity index (χ0) is 18.6. The quantitative estimate of drug-likeness (QED) is 0.789. The third-order valence-electron chi connectivity index (χ3n) is 3.80. The molecule has 2 N–H and O–H groups in total. The number of carbonyl (C=O) groups excluding carboxylic acids is 1. The Bertz CT molecular complexity index is 633. The molecule has 1 unspecified atom stereocenters. The summed E-state index contributed by atoms with van der Waals surface area (Å²) < 4.78 is 37.3. The first-order valence-corrected chi connectivity index (χ1v) is 7.67. The minimum absolute atomic E-state index is 0.0439. The van der Waals surface area contributed by atoms with E-state index in [1.165, 1.54) is 0 Å². The lowest BCUT2D eigenvalue weighted by Crippen LogP contribution is -2.52. The number of ether oxygens (including phenoxy) is 1. The van der Waals surface area contributed by atoms with Crippen LogP contribution < -0.4 is 15.0 Å². The second-order valence-corrected chi connectivity index (χ2v) is 5.58. The molecular weight excluding hydrogens is 343 g/mol. The molecule has 1 aromatic heterocycles. The van der Waals surface area contributed by atoms with Crippen LogP contribution in [0.15, 0.2) is 18.3 Å². The van der Waals surface area contributed by atoms with Crippen molar-refractivity contribution < 1.29 is 32.6 Å². The van der Waals surface area contributed by atoms with Gasteiger partial charge in [-0.2, -0.15) is 13.2 Å². The van der Waals surface area contributed by atoms with Crippen molar-refractivity contribution in [1.29, 1.82) is 0 Å². The Balaban J connectivity index is 0.000000277. The van der Waals surface area contributed by atoms with Crippen LogP contribution in [0.4, 0.5) is 18.9 Å². The fourth-order valence-electron chi connectivity index (χ4n) is 2.63. The number of carboxylic acids is 1. The van der Waals surface area contributed by atoms with Gasteiger partial charge in [0.25, 0.3) is 5.91 Å². The molecule has 0 spiro atoms. The molecule has 3 heterocycles. The van der Waals surface area contributed by atoms with Crippen molar-refractivity contribution in [2.24, 2.45) is 0 Å². The highest BCUT2D eigenvalue weighted by atomic mass is 19.4. The first kappa shape index (κ1) is 19.0. The van der Waals surface area contributed by atoms with Crippen molar-refractivity contribution in [3.63, 3.8) is 0 Å². The third kappa shape index (κ3) is 4.59. The van der Waals surface area contributed by atoms with Crippen LogP contribution >= 0.6 is 0 Å². The molecule has 0 saturated carbocycles. The number of hydrogen-bond acceptors (Lipinski definition) is 5. The standard InChI is InChI=1S/C13H17N3O2.C2HF3O2/c1-9-13(17)16(10-4-7-14-8-5-10)11-3-2-6-15-12(11)18-9;3-2(4,5)1(6)7/h2-3,6,9-10,14H,4-5,7-8H2,1H3;(H,6,7). The smallest absolute Gasteiger partial charge is 0.475 e. The summed E-state index contributed by atoms with van der Waals surface area (Å²) in [5.74, 6) is -2.14. The summed E-state index contributed by atoms with van der Waals surface area (Å²) >= 11 is 0. The summed E-state index contributed by atoms with van der Waals surface area (Å²) in [5, 5.41) is 10.4. The summed E-state index contributed by atoms with van der Waals surface area (Å²) in [6, 6.07) is 4.02. The number of halogens is 3. The van der Waals surface area contributed by atoms with Crippen LogP contribution in [-0.2, 0) is 9.59 Å². The first-order chi connectivity index (χ1) is 11.7. The average Bonchev–Trinajstić information content (AvgIpc) is 2.56. The fraction of sp³-hybridized carbons (Fsp3) is 0.533. The number of alkyl halides is 3. The monoisotopic (exact) mass is 361 g/mol.